The molecule has 0 atom stereocenters. The summed E-state index contributed by atoms with van der Waals surface area (Å²) in [5, 5.41) is 2.34. The lowest BCUT2D eigenvalue weighted by molar-refractivity contribution is -0.154. The van der Waals surface area contributed by atoms with E-state index in [4.69, 9.17) is 4.74 Å². The van der Waals surface area contributed by atoms with E-state index in [1.807, 2.05) is 0 Å². The second kappa shape index (κ2) is 4.64. The zero-order valence-electron chi connectivity index (χ0n) is 8.22. The van der Waals surface area contributed by atoms with Crippen LogP contribution in [0.4, 0.5) is 0 Å². The second-order valence-corrected chi connectivity index (χ2v) is 3.57. The van der Waals surface area contributed by atoms with E-state index in [2.05, 4.69) is 11.9 Å². The molecule has 1 N–H and O–H groups in total. The molecule has 0 bridgehead atoms. The molecule has 4 nitrogen and oxygen atoms in total. The van der Waals surface area contributed by atoms with Crippen LogP contribution in [0.15, 0.2) is 12.7 Å². The Bertz CT molecular complexity index is 215. The Morgan fingerprint density at radius 3 is 2.38 bits per heavy atom. The fourth-order valence-corrected chi connectivity index (χ4v) is 0.461. The van der Waals surface area contributed by atoms with Gasteiger partial charge in [-0.05, 0) is 26.8 Å². The van der Waals surface area contributed by atoms with Gasteiger partial charge < -0.3 is 10.1 Å². The summed E-state index contributed by atoms with van der Waals surface area (Å²) in [5.41, 5.74) is -0.543. The van der Waals surface area contributed by atoms with E-state index in [9.17, 15) is 9.59 Å². The van der Waals surface area contributed by atoms with Crippen LogP contribution in [-0.4, -0.2) is 18.6 Å². The van der Waals surface area contributed by atoms with Crippen molar-refractivity contribution < 1.29 is 14.3 Å². The van der Waals surface area contributed by atoms with Crippen LogP contribution in [0.1, 0.15) is 20.8 Å². The minimum atomic E-state index is -0.543. The molecule has 4 heteroatoms. The Balaban J connectivity index is 3.73. The molecular formula is C9H15NO3. The monoisotopic (exact) mass is 185 g/mol. The predicted octanol–water partition coefficient (Wildman–Crippen LogP) is 0.835. The maximum absolute atomic E-state index is 11.1. The van der Waals surface area contributed by atoms with Crippen LogP contribution in [0, 0.1) is 5.41 Å². The number of nitrogens with one attached hydrogen (secondary N) is 1. The third-order valence-corrected chi connectivity index (χ3v) is 1.25. The summed E-state index contributed by atoms with van der Waals surface area (Å²) in [5.74, 6) is -0.710. The Morgan fingerprint density at radius 1 is 1.46 bits per heavy atom. The van der Waals surface area contributed by atoms with E-state index in [0.717, 1.165) is 6.08 Å². The molecule has 0 saturated carbocycles. The van der Waals surface area contributed by atoms with Crippen molar-refractivity contribution in [3.63, 3.8) is 0 Å². The number of esters is 1. The van der Waals surface area contributed by atoms with Gasteiger partial charge in [0.15, 0.2) is 6.73 Å². The summed E-state index contributed by atoms with van der Waals surface area (Å²) in [6, 6.07) is 0. The first-order chi connectivity index (χ1) is 5.88. The molecule has 0 aliphatic rings. The van der Waals surface area contributed by atoms with Gasteiger partial charge in [0.2, 0.25) is 5.91 Å². The number of amides is 1. The van der Waals surface area contributed by atoms with E-state index in [0.29, 0.717) is 0 Å². The summed E-state index contributed by atoms with van der Waals surface area (Å²) in [4.78, 5) is 21.8. The standard InChI is InChI=1S/C9H15NO3/c1-5-7(11)10-6-13-8(12)9(2,3)4/h5H,1,6H2,2-4H3,(H,10,11). The van der Waals surface area contributed by atoms with Crippen molar-refractivity contribution in [3.8, 4) is 0 Å². The van der Waals surface area contributed by atoms with Gasteiger partial charge in [0.05, 0.1) is 5.41 Å². The van der Waals surface area contributed by atoms with Crippen molar-refractivity contribution in [2.24, 2.45) is 5.41 Å². The molecule has 0 saturated heterocycles. The number of ether oxygens (including phenoxy) is 1. The molecule has 0 heterocycles. The fraction of sp³-hybridized carbons (Fsp3) is 0.556. The summed E-state index contributed by atoms with van der Waals surface area (Å²) >= 11 is 0. The maximum atomic E-state index is 11.1. The topological polar surface area (TPSA) is 55.4 Å². The van der Waals surface area contributed by atoms with Crippen LogP contribution in [0.2, 0.25) is 0 Å². The average Bonchev–Trinajstić information content (AvgIpc) is 2.02. The number of rotatable bonds is 3. The van der Waals surface area contributed by atoms with Crippen LogP contribution >= 0.6 is 0 Å². The quantitative estimate of drug-likeness (QED) is 0.402. The SMILES string of the molecule is C=CC(=O)NCOC(=O)C(C)(C)C. The van der Waals surface area contributed by atoms with Crippen molar-refractivity contribution in [2.45, 2.75) is 20.8 Å². The molecule has 0 aromatic carbocycles. The molecule has 0 aliphatic carbocycles. The van der Waals surface area contributed by atoms with Crippen molar-refractivity contribution in [3.05, 3.63) is 12.7 Å². The average molecular weight is 185 g/mol. The van der Waals surface area contributed by atoms with Crippen LogP contribution in [0.25, 0.3) is 0 Å². The van der Waals surface area contributed by atoms with E-state index < -0.39 is 5.41 Å². The fourth-order valence-electron chi connectivity index (χ4n) is 0.461. The Kier molecular flexibility index (Phi) is 4.17. The molecule has 0 aromatic rings. The van der Waals surface area contributed by atoms with Gasteiger partial charge >= 0.3 is 5.97 Å². The molecular weight excluding hydrogens is 170 g/mol. The van der Waals surface area contributed by atoms with Crippen LogP contribution in [0.5, 0.6) is 0 Å². The summed E-state index contributed by atoms with van der Waals surface area (Å²) in [6.45, 7) is 8.37. The normalized spacial score (nSPS) is 10.4. The first-order valence-electron chi connectivity index (χ1n) is 3.95. The predicted molar refractivity (Wildman–Crippen MR) is 48.8 cm³/mol. The van der Waals surface area contributed by atoms with Gasteiger partial charge in [-0.1, -0.05) is 6.58 Å². The Hall–Kier alpha value is -1.32. The zero-order valence-corrected chi connectivity index (χ0v) is 8.22. The highest BCUT2D eigenvalue weighted by atomic mass is 16.5. The van der Waals surface area contributed by atoms with E-state index in [-0.39, 0.29) is 18.6 Å². The lowest BCUT2D eigenvalue weighted by atomic mass is 9.98. The van der Waals surface area contributed by atoms with Gasteiger partial charge in [-0.25, -0.2) is 0 Å². The molecule has 1 amide bonds. The Labute approximate surface area is 78.0 Å². The molecule has 13 heavy (non-hydrogen) atoms. The Morgan fingerprint density at radius 2 is 2.00 bits per heavy atom. The van der Waals surface area contributed by atoms with Crippen LogP contribution in [0.3, 0.4) is 0 Å². The zero-order chi connectivity index (χ0) is 10.5. The van der Waals surface area contributed by atoms with Crippen molar-refractivity contribution in [1.29, 1.82) is 0 Å². The van der Waals surface area contributed by atoms with E-state index >= 15 is 0 Å². The molecule has 74 valence electrons. The molecule has 0 unspecified atom stereocenters. The number of carbonyl (C=O) groups excluding carboxylic acids is 2. The van der Waals surface area contributed by atoms with Crippen molar-refractivity contribution >= 4 is 11.9 Å². The molecule has 0 rings (SSSR count). The van der Waals surface area contributed by atoms with Gasteiger partial charge in [0.25, 0.3) is 0 Å². The highest BCUT2D eigenvalue weighted by Crippen LogP contribution is 2.14. The van der Waals surface area contributed by atoms with Crippen molar-refractivity contribution in [1.82, 2.24) is 5.32 Å². The second-order valence-electron chi connectivity index (χ2n) is 3.57. The number of carbonyl (C=O) groups is 2. The highest BCUT2D eigenvalue weighted by molar-refractivity contribution is 5.86. The number of hydrogen-bond donors (Lipinski definition) is 1. The molecule has 0 spiro atoms. The van der Waals surface area contributed by atoms with Gasteiger partial charge in [0, 0.05) is 0 Å². The summed E-state index contributed by atoms with van der Waals surface area (Å²) < 4.78 is 4.76. The minimum absolute atomic E-state index is 0.110. The first-order valence-corrected chi connectivity index (χ1v) is 3.95. The molecule has 0 aromatic heterocycles. The van der Waals surface area contributed by atoms with Gasteiger partial charge in [-0.15, -0.1) is 0 Å². The van der Waals surface area contributed by atoms with E-state index in [1.54, 1.807) is 20.8 Å². The summed E-state index contributed by atoms with van der Waals surface area (Å²) in [7, 11) is 0. The lowest BCUT2D eigenvalue weighted by Gasteiger charge is -2.16. The largest absolute Gasteiger partial charge is 0.444 e. The highest BCUT2D eigenvalue weighted by Gasteiger charge is 2.22. The van der Waals surface area contributed by atoms with Crippen LogP contribution < -0.4 is 5.32 Å². The van der Waals surface area contributed by atoms with Gasteiger partial charge in [-0.3, -0.25) is 9.59 Å². The molecule has 0 fully saturated rings. The van der Waals surface area contributed by atoms with Crippen molar-refractivity contribution in [2.75, 3.05) is 6.73 Å². The number of hydrogen-bond acceptors (Lipinski definition) is 3. The smallest absolute Gasteiger partial charge is 0.312 e. The molecule has 0 aliphatic heterocycles. The van der Waals surface area contributed by atoms with E-state index in [1.165, 1.54) is 0 Å². The third-order valence-electron chi connectivity index (χ3n) is 1.25. The molecule has 0 radical (unpaired) electrons. The lowest BCUT2D eigenvalue weighted by Crippen LogP contribution is -2.30. The summed E-state index contributed by atoms with van der Waals surface area (Å²) in [6.07, 6.45) is 1.12. The maximum Gasteiger partial charge on any atom is 0.312 e. The third kappa shape index (κ3) is 5.00. The van der Waals surface area contributed by atoms with Gasteiger partial charge in [0.1, 0.15) is 0 Å². The van der Waals surface area contributed by atoms with Gasteiger partial charge in [-0.2, -0.15) is 0 Å². The first kappa shape index (κ1) is 11.7. The van der Waals surface area contributed by atoms with Crippen LogP contribution in [-0.2, 0) is 14.3 Å². The minimum Gasteiger partial charge on any atom is -0.444 e.